The van der Waals surface area contributed by atoms with Crippen molar-refractivity contribution in [1.29, 1.82) is 0 Å². The van der Waals surface area contributed by atoms with Crippen LogP contribution in [0.3, 0.4) is 0 Å². The van der Waals surface area contributed by atoms with Gasteiger partial charge in [0.25, 0.3) is 0 Å². The Morgan fingerprint density at radius 3 is 3.00 bits per heavy atom. The van der Waals surface area contributed by atoms with Crippen molar-refractivity contribution in [1.82, 2.24) is 4.98 Å². The summed E-state index contributed by atoms with van der Waals surface area (Å²) in [6.45, 7) is 2.55. The number of nitrogens with zero attached hydrogens (tertiary/aromatic N) is 2. The fourth-order valence-electron chi connectivity index (χ4n) is 2.10. The van der Waals surface area contributed by atoms with Gasteiger partial charge in [0.05, 0.1) is 12.2 Å². The minimum atomic E-state index is 0.747. The monoisotopic (exact) mass is 226 g/mol. The van der Waals surface area contributed by atoms with E-state index in [1.165, 1.54) is 11.3 Å². The van der Waals surface area contributed by atoms with Crippen LogP contribution in [-0.2, 0) is 6.54 Å². The minimum Gasteiger partial charge on any atom is -0.490 e. The molecule has 1 aromatic carbocycles. The van der Waals surface area contributed by atoms with Crippen molar-refractivity contribution in [2.24, 2.45) is 0 Å². The minimum absolute atomic E-state index is 0.747. The molecule has 2 aromatic rings. The van der Waals surface area contributed by atoms with Crippen LogP contribution in [0.25, 0.3) is 0 Å². The van der Waals surface area contributed by atoms with Crippen LogP contribution in [0.15, 0.2) is 48.8 Å². The van der Waals surface area contributed by atoms with Crippen molar-refractivity contribution in [3.05, 3.63) is 54.4 Å². The molecule has 0 atom stereocenters. The van der Waals surface area contributed by atoms with Gasteiger partial charge in [-0.1, -0.05) is 18.2 Å². The second kappa shape index (κ2) is 4.45. The summed E-state index contributed by atoms with van der Waals surface area (Å²) in [5.41, 5.74) is 2.40. The van der Waals surface area contributed by atoms with E-state index in [0.717, 1.165) is 25.4 Å². The Hall–Kier alpha value is -2.03. The number of ether oxygens (including phenoxy) is 1. The molecule has 0 aliphatic carbocycles. The van der Waals surface area contributed by atoms with Crippen LogP contribution in [0, 0.1) is 0 Å². The third kappa shape index (κ3) is 2.09. The fourth-order valence-corrected chi connectivity index (χ4v) is 2.10. The van der Waals surface area contributed by atoms with Crippen molar-refractivity contribution in [3.8, 4) is 5.75 Å². The van der Waals surface area contributed by atoms with Crippen LogP contribution in [0.1, 0.15) is 5.56 Å². The number of hydrogen-bond acceptors (Lipinski definition) is 3. The second-order valence-corrected chi connectivity index (χ2v) is 4.10. The Labute approximate surface area is 101 Å². The van der Waals surface area contributed by atoms with Gasteiger partial charge in [0.1, 0.15) is 12.4 Å². The number of benzene rings is 1. The molecule has 0 saturated heterocycles. The standard InChI is InChI=1S/C14H14N2O/c1-2-6-14-13(5-1)16(8-9-17-14)11-12-4-3-7-15-10-12/h1-7,10H,8-9,11H2. The normalized spacial score (nSPS) is 14.0. The lowest BCUT2D eigenvalue weighted by molar-refractivity contribution is 0.307. The largest absolute Gasteiger partial charge is 0.490 e. The number of aromatic nitrogens is 1. The van der Waals surface area contributed by atoms with Gasteiger partial charge >= 0.3 is 0 Å². The number of para-hydroxylation sites is 2. The molecule has 0 spiro atoms. The summed E-state index contributed by atoms with van der Waals surface area (Å²) >= 11 is 0. The zero-order valence-corrected chi connectivity index (χ0v) is 9.54. The Morgan fingerprint density at radius 2 is 2.12 bits per heavy atom. The number of anilines is 1. The molecule has 3 heteroatoms. The molecule has 2 heterocycles. The zero-order valence-electron chi connectivity index (χ0n) is 9.54. The highest BCUT2D eigenvalue weighted by Crippen LogP contribution is 2.31. The van der Waals surface area contributed by atoms with E-state index in [1.807, 2.05) is 30.5 Å². The Morgan fingerprint density at radius 1 is 1.18 bits per heavy atom. The van der Waals surface area contributed by atoms with Crippen molar-refractivity contribution in [3.63, 3.8) is 0 Å². The molecule has 0 N–H and O–H groups in total. The van der Waals surface area contributed by atoms with Crippen molar-refractivity contribution in [2.75, 3.05) is 18.1 Å². The van der Waals surface area contributed by atoms with Crippen LogP contribution in [0.4, 0.5) is 5.69 Å². The second-order valence-electron chi connectivity index (χ2n) is 4.10. The molecule has 0 radical (unpaired) electrons. The summed E-state index contributed by atoms with van der Waals surface area (Å²) in [6.07, 6.45) is 3.72. The van der Waals surface area contributed by atoms with Gasteiger partial charge in [-0.3, -0.25) is 4.98 Å². The van der Waals surface area contributed by atoms with E-state index < -0.39 is 0 Å². The first-order chi connectivity index (χ1) is 8.43. The number of rotatable bonds is 2. The van der Waals surface area contributed by atoms with Crippen LogP contribution in [0.5, 0.6) is 5.75 Å². The van der Waals surface area contributed by atoms with E-state index in [1.54, 1.807) is 6.20 Å². The Kier molecular flexibility index (Phi) is 2.66. The van der Waals surface area contributed by atoms with E-state index in [4.69, 9.17) is 4.74 Å². The Balaban J connectivity index is 1.86. The molecule has 0 amide bonds. The highest BCUT2D eigenvalue weighted by atomic mass is 16.5. The zero-order chi connectivity index (χ0) is 11.5. The molecule has 0 saturated carbocycles. The average Bonchev–Trinajstić information content (AvgIpc) is 2.40. The quantitative estimate of drug-likeness (QED) is 0.786. The van der Waals surface area contributed by atoms with Gasteiger partial charge in [-0.2, -0.15) is 0 Å². The van der Waals surface area contributed by atoms with Gasteiger partial charge in [0.15, 0.2) is 0 Å². The third-order valence-electron chi connectivity index (χ3n) is 2.92. The lowest BCUT2D eigenvalue weighted by atomic mass is 10.2. The molecular weight excluding hydrogens is 212 g/mol. The van der Waals surface area contributed by atoms with Crippen molar-refractivity contribution < 1.29 is 4.74 Å². The number of pyridine rings is 1. The van der Waals surface area contributed by atoms with Crippen LogP contribution < -0.4 is 9.64 Å². The van der Waals surface area contributed by atoms with Gasteiger partial charge in [-0.05, 0) is 23.8 Å². The topological polar surface area (TPSA) is 25.4 Å². The van der Waals surface area contributed by atoms with Gasteiger partial charge in [0.2, 0.25) is 0 Å². The van der Waals surface area contributed by atoms with Crippen molar-refractivity contribution in [2.45, 2.75) is 6.54 Å². The molecule has 0 unspecified atom stereocenters. The summed E-state index contributed by atoms with van der Waals surface area (Å²) in [7, 11) is 0. The number of hydrogen-bond donors (Lipinski definition) is 0. The van der Waals surface area contributed by atoms with E-state index in [2.05, 4.69) is 22.0 Å². The predicted molar refractivity (Wildman–Crippen MR) is 67.2 cm³/mol. The Bertz CT molecular complexity index is 499. The molecule has 86 valence electrons. The molecular formula is C14H14N2O. The van der Waals surface area contributed by atoms with Gasteiger partial charge in [-0.25, -0.2) is 0 Å². The van der Waals surface area contributed by atoms with Crippen molar-refractivity contribution >= 4 is 5.69 Å². The summed E-state index contributed by atoms with van der Waals surface area (Å²) in [4.78, 5) is 6.48. The molecule has 0 bridgehead atoms. The molecule has 3 nitrogen and oxygen atoms in total. The summed E-state index contributed by atoms with van der Waals surface area (Å²) in [5, 5.41) is 0. The highest BCUT2D eigenvalue weighted by Gasteiger charge is 2.17. The van der Waals surface area contributed by atoms with E-state index in [0.29, 0.717) is 0 Å². The van der Waals surface area contributed by atoms with Crippen LogP contribution in [-0.4, -0.2) is 18.1 Å². The first-order valence-corrected chi connectivity index (χ1v) is 5.79. The summed E-state index contributed by atoms with van der Waals surface area (Å²) < 4.78 is 5.63. The highest BCUT2D eigenvalue weighted by molar-refractivity contribution is 5.59. The lowest BCUT2D eigenvalue weighted by Crippen LogP contribution is -2.32. The van der Waals surface area contributed by atoms with Crippen LogP contribution >= 0.6 is 0 Å². The summed E-state index contributed by atoms with van der Waals surface area (Å²) in [5.74, 6) is 0.975. The van der Waals surface area contributed by atoms with Gasteiger partial charge < -0.3 is 9.64 Å². The molecule has 1 aliphatic heterocycles. The first-order valence-electron chi connectivity index (χ1n) is 5.79. The maximum absolute atomic E-state index is 5.63. The number of fused-ring (bicyclic) bond motifs is 1. The average molecular weight is 226 g/mol. The molecule has 1 aliphatic rings. The molecule has 0 fully saturated rings. The van der Waals surface area contributed by atoms with Gasteiger partial charge in [0, 0.05) is 18.9 Å². The maximum Gasteiger partial charge on any atom is 0.142 e. The van der Waals surface area contributed by atoms with E-state index in [9.17, 15) is 0 Å². The SMILES string of the molecule is c1cncc(CN2CCOc3ccccc32)c1. The molecule has 3 rings (SSSR count). The third-order valence-corrected chi connectivity index (χ3v) is 2.92. The van der Waals surface area contributed by atoms with E-state index >= 15 is 0 Å². The molecule has 17 heavy (non-hydrogen) atoms. The maximum atomic E-state index is 5.63. The van der Waals surface area contributed by atoms with Gasteiger partial charge in [-0.15, -0.1) is 0 Å². The van der Waals surface area contributed by atoms with Crippen LogP contribution in [0.2, 0.25) is 0 Å². The fraction of sp³-hybridized carbons (Fsp3) is 0.214. The predicted octanol–water partition coefficient (Wildman–Crippen LogP) is 2.48. The first kappa shape index (κ1) is 10.1. The van der Waals surface area contributed by atoms with E-state index in [-0.39, 0.29) is 0 Å². The summed E-state index contributed by atoms with van der Waals surface area (Å²) in [6, 6.07) is 12.2. The lowest BCUT2D eigenvalue weighted by Gasteiger charge is -2.31. The smallest absolute Gasteiger partial charge is 0.142 e. The molecule has 1 aromatic heterocycles.